The van der Waals surface area contributed by atoms with Crippen molar-refractivity contribution in [2.24, 2.45) is 5.41 Å². The lowest BCUT2D eigenvalue weighted by molar-refractivity contribution is 0.0912. The van der Waals surface area contributed by atoms with Crippen molar-refractivity contribution in [3.05, 3.63) is 65.4 Å². The molecule has 0 fully saturated rings. The highest BCUT2D eigenvalue weighted by atomic mass is 16.1. The Morgan fingerprint density at radius 1 is 1.00 bits per heavy atom. The van der Waals surface area contributed by atoms with Crippen molar-refractivity contribution in [3.8, 4) is 6.07 Å². The van der Waals surface area contributed by atoms with Crippen LogP contribution in [0.1, 0.15) is 41.9 Å². The Morgan fingerprint density at radius 2 is 1.77 bits per heavy atom. The molecule has 126 valence electrons. The highest BCUT2D eigenvalue weighted by Gasteiger charge is 2.34. The van der Waals surface area contributed by atoms with Gasteiger partial charge in [0.2, 0.25) is 0 Å². The number of hydrogen-bond acceptors (Lipinski definition) is 2. The van der Waals surface area contributed by atoms with Crippen LogP contribution in [-0.2, 0) is 6.42 Å². The van der Waals surface area contributed by atoms with Crippen molar-refractivity contribution in [2.75, 3.05) is 0 Å². The van der Waals surface area contributed by atoms with E-state index in [0.29, 0.717) is 12.0 Å². The molecule has 0 atom stereocenters. The summed E-state index contributed by atoms with van der Waals surface area (Å²) < 4.78 is 2.24. The Kier molecular flexibility index (Phi) is 2.89. The van der Waals surface area contributed by atoms with Gasteiger partial charge in [0.1, 0.15) is 0 Å². The summed E-state index contributed by atoms with van der Waals surface area (Å²) >= 11 is 0. The minimum Gasteiger partial charge on any atom is -0.312 e. The van der Waals surface area contributed by atoms with Gasteiger partial charge < -0.3 is 4.40 Å². The third-order valence-electron chi connectivity index (χ3n) is 5.53. The molecule has 0 saturated heterocycles. The summed E-state index contributed by atoms with van der Waals surface area (Å²) in [6, 6.07) is 18.3. The second kappa shape index (κ2) is 4.95. The smallest absolute Gasteiger partial charge is 0.165 e. The van der Waals surface area contributed by atoms with E-state index >= 15 is 0 Å². The number of benzene rings is 2. The Bertz CT molecular complexity index is 1280. The minimum atomic E-state index is -0.0529. The second-order valence-corrected chi connectivity index (χ2v) is 8.06. The first-order chi connectivity index (χ1) is 12.5. The molecular formula is C23H18N2O. The molecule has 0 amide bonds. The van der Waals surface area contributed by atoms with E-state index in [2.05, 4.69) is 42.5 Å². The fraction of sp³-hybridized carbons (Fsp3) is 0.217. The van der Waals surface area contributed by atoms with Crippen LogP contribution in [0.4, 0.5) is 0 Å². The molecule has 3 heteroatoms. The highest BCUT2D eigenvalue weighted by molar-refractivity contribution is 6.15. The molecule has 0 saturated carbocycles. The second-order valence-electron chi connectivity index (χ2n) is 8.06. The quantitative estimate of drug-likeness (QED) is 0.438. The van der Waals surface area contributed by atoms with Gasteiger partial charge in [-0.3, -0.25) is 4.79 Å². The maximum atomic E-state index is 13.1. The molecule has 26 heavy (non-hydrogen) atoms. The SMILES string of the molecule is CC1(C)CC(=O)c2c(n3c4ccc(C#N)cc4cc3c3ccccc23)C1. The van der Waals surface area contributed by atoms with Crippen LogP contribution in [0, 0.1) is 16.7 Å². The fourth-order valence-corrected chi connectivity index (χ4v) is 4.48. The zero-order valence-corrected chi connectivity index (χ0v) is 14.8. The van der Waals surface area contributed by atoms with E-state index in [0.717, 1.165) is 44.9 Å². The molecule has 2 aromatic heterocycles. The number of aromatic nitrogens is 1. The van der Waals surface area contributed by atoms with Gasteiger partial charge >= 0.3 is 0 Å². The Balaban J connectivity index is 2.05. The van der Waals surface area contributed by atoms with Crippen molar-refractivity contribution in [2.45, 2.75) is 26.7 Å². The van der Waals surface area contributed by atoms with Crippen molar-refractivity contribution in [1.29, 1.82) is 5.26 Å². The van der Waals surface area contributed by atoms with Gasteiger partial charge in [0.15, 0.2) is 5.78 Å². The maximum absolute atomic E-state index is 13.1. The van der Waals surface area contributed by atoms with Gasteiger partial charge in [-0.25, -0.2) is 0 Å². The van der Waals surface area contributed by atoms with E-state index in [1.807, 2.05) is 30.3 Å². The van der Waals surface area contributed by atoms with Crippen LogP contribution in [0.5, 0.6) is 0 Å². The molecule has 5 rings (SSSR count). The number of rotatable bonds is 0. The maximum Gasteiger partial charge on any atom is 0.165 e. The topological polar surface area (TPSA) is 45.3 Å². The first kappa shape index (κ1) is 15.2. The van der Waals surface area contributed by atoms with Crippen LogP contribution in [0.15, 0.2) is 48.5 Å². The van der Waals surface area contributed by atoms with E-state index in [1.54, 1.807) is 0 Å². The molecule has 0 unspecified atom stereocenters. The Labute approximate surface area is 151 Å². The largest absolute Gasteiger partial charge is 0.312 e. The lowest BCUT2D eigenvalue weighted by Gasteiger charge is -2.32. The van der Waals surface area contributed by atoms with E-state index < -0.39 is 0 Å². The molecule has 2 aromatic carbocycles. The van der Waals surface area contributed by atoms with E-state index in [4.69, 9.17) is 0 Å². The lowest BCUT2D eigenvalue weighted by atomic mass is 9.74. The number of Topliss-reactive ketones (excluding diaryl/α,β-unsaturated/α-hetero) is 1. The van der Waals surface area contributed by atoms with Gasteiger partial charge in [0.25, 0.3) is 0 Å². The van der Waals surface area contributed by atoms with Gasteiger partial charge in [-0.05, 0) is 41.5 Å². The lowest BCUT2D eigenvalue weighted by Crippen LogP contribution is -2.29. The normalized spacial score (nSPS) is 16.1. The third kappa shape index (κ3) is 1.96. The minimum absolute atomic E-state index is 0.0529. The molecule has 0 radical (unpaired) electrons. The highest BCUT2D eigenvalue weighted by Crippen LogP contribution is 2.41. The zero-order chi connectivity index (χ0) is 18.1. The number of hydrogen-bond donors (Lipinski definition) is 0. The molecule has 1 aliphatic rings. The van der Waals surface area contributed by atoms with E-state index in [-0.39, 0.29) is 11.2 Å². The number of nitrogens with zero attached hydrogens (tertiary/aromatic N) is 2. The molecule has 4 aromatic rings. The number of pyridine rings is 1. The van der Waals surface area contributed by atoms with E-state index in [9.17, 15) is 10.1 Å². The average Bonchev–Trinajstić information content (AvgIpc) is 2.99. The number of nitriles is 1. The first-order valence-corrected chi connectivity index (χ1v) is 8.91. The number of fused-ring (bicyclic) bond motifs is 8. The summed E-state index contributed by atoms with van der Waals surface area (Å²) in [5.41, 5.74) is 4.74. The van der Waals surface area contributed by atoms with E-state index in [1.165, 1.54) is 0 Å². The molecular weight excluding hydrogens is 320 g/mol. The third-order valence-corrected chi connectivity index (χ3v) is 5.53. The summed E-state index contributed by atoms with van der Waals surface area (Å²) in [5.74, 6) is 0.227. The summed E-state index contributed by atoms with van der Waals surface area (Å²) in [7, 11) is 0. The Hall–Kier alpha value is -3.12. The fourth-order valence-electron chi connectivity index (χ4n) is 4.48. The predicted molar refractivity (Wildman–Crippen MR) is 104 cm³/mol. The van der Waals surface area contributed by atoms with Crippen molar-refractivity contribution < 1.29 is 4.79 Å². The standard InChI is InChI=1S/C23H18N2O/c1-23(2)11-20-22(21(26)12-23)17-6-4-3-5-16(17)19-10-15-9-14(13-24)7-8-18(15)25(19)20/h3-10H,11-12H2,1-2H3. The van der Waals surface area contributed by atoms with Gasteiger partial charge in [0.05, 0.1) is 22.7 Å². The van der Waals surface area contributed by atoms with Crippen molar-refractivity contribution in [3.63, 3.8) is 0 Å². The van der Waals surface area contributed by atoms with Crippen molar-refractivity contribution in [1.82, 2.24) is 4.40 Å². The van der Waals surface area contributed by atoms with Crippen LogP contribution >= 0.6 is 0 Å². The zero-order valence-electron chi connectivity index (χ0n) is 14.8. The summed E-state index contributed by atoms with van der Waals surface area (Å²) in [4.78, 5) is 13.1. The molecule has 3 nitrogen and oxygen atoms in total. The average molecular weight is 338 g/mol. The molecule has 1 aliphatic carbocycles. The van der Waals surface area contributed by atoms with Crippen molar-refractivity contribution >= 4 is 33.0 Å². The number of carbonyl (C=O) groups is 1. The number of carbonyl (C=O) groups excluding carboxylic acids is 1. The van der Waals surface area contributed by atoms with Gasteiger partial charge in [0, 0.05) is 28.5 Å². The molecule has 0 spiro atoms. The number of ketones is 1. The molecule has 0 bridgehead atoms. The molecule has 2 heterocycles. The van der Waals surface area contributed by atoms with Crippen LogP contribution in [-0.4, -0.2) is 10.2 Å². The van der Waals surface area contributed by atoms with Crippen LogP contribution < -0.4 is 0 Å². The summed E-state index contributed by atoms with van der Waals surface area (Å²) in [6.07, 6.45) is 1.44. The van der Waals surface area contributed by atoms with Crippen LogP contribution in [0.25, 0.3) is 27.2 Å². The van der Waals surface area contributed by atoms with Crippen LogP contribution in [0.2, 0.25) is 0 Å². The summed E-state index contributed by atoms with van der Waals surface area (Å²) in [6.45, 7) is 4.32. The van der Waals surface area contributed by atoms with Crippen LogP contribution in [0.3, 0.4) is 0 Å². The first-order valence-electron chi connectivity index (χ1n) is 8.91. The molecule has 0 N–H and O–H groups in total. The molecule has 0 aliphatic heterocycles. The van der Waals surface area contributed by atoms with Gasteiger partial charge in [-0.15, -0.1) is 0 Å². The van der Waals surface area contributed by atoms with Gasteiger partial charge in [-0.1, -0.05) is 38.1 Å². The summed E-state index contributed by atoms with van der Waals surface area (Å²) in [5, 5.41) is 12.4. The predicted octanol–water partition coefficient (Wildman–Crippen LogP) is 5.27. The monoisotopic (exact) mass is 338 g/mol. The van der Waals surface area contributed by atoms with Gasteiger partial charge in [-0.2, -0.15) is 5.26 Å². The Morgan fingerprint density at radius 3 is 2.54 bits per heavy atom.